The topological polar surface area (TPSA) is 90.0 Å². The van der Waals surface area contributed by atoms with Gasteiger partial charge in [0.15, 0.2) is 23.2 Å². The predicted octanol–water partition coefficient (Wildman–Crippen LogP) is 5.00. The van der Waals surface area contributed by atoms with E-state index in [0.717, 1.165) is 23.2 Å². The summed E-state index contributed by atoms with van der Waals surface area (Å²) < 4.78 is 16.4. The number of fused-ring (bicyclic) bond motifs is 1. The van der Waals surface area contributed by atoms with Gasteiger partial charge in [-0.25, -0.2) is 4.98 Å². The summed E-state index contributed by atoms with van der Waals surface area (Å²) in [5, 5.41) is 5.15. The van der Waals surface area contributed by atoms with E-state index in [1.54, 1.807) is 18.1 Å². The molecule has 1 aliphatic rings. The first kappa shape index (κ1) is 24.3. The lowest BCUT2D eigenvalue weighted by atomic mass is 10.1. The van der Waals surface area contributed by atoms with Crippen LogP contribution >= 0.6 is 11.3 Å². The van der Waals surface area contributed by atoms with E-state index in [0.29, 0.717) is 41.2 Å². The molecule has 35 heavy (non-hydrogen) atoms. The van der Waals surface area contributed by atoms with Crippen molar-refractivity contribution in [1.82, 2.24) is 4.98 Å². The fourth-order valence-electron chi connectivity index (χ4n) is 3.68. The summed E-state index contributed by atoms with van der Waals surface area (Å²) in [7, 11) is 1.58. The summed E-state index contributed by atoms with van der Waals surface area (Å²) >= 11 is 1.33. The molecule has 4 rings (SSSR count). The Bertz CT molecular complexity index is 1250. The number of benzene rings is 2. The Balaban J connectivity index is 1.45. The number of nitrogens with one attached hydrogen (secondary N) is 1. The summed E-state index contributed by atoms with van der Waals surface area (Å²) in [6.07, 6.45) is 3.99. The molecule has 0 spiro atoms. The minimum Gasteiger partial charge on any atom is -0.493 e. The molecule has 2 amide bonds. The molecule has 1 aliphatic heterocycles. The summed E-state index contributed by atoms with van der Waals surface area (Å²) in [6, 6.07) is 11.1. The lowest BCUT2D eigenvalue weighted by Gasteiger charge is -2.29. The maximum absolute atomic E-state index is 12.5. The van der Waals surface area contributed by atoms with E-state index in [4.69, 9.17) is 14.2 Å². The van der Waals surface area contributed by atoms with E-state index >= 15 is 0 Å². The zero-order valence-corrected chi connectivity index (χ0v) is 20.7. The standard InChI is InChI=1S/C26H27N3O5S/c1-4-12-29-20-14-18(8-10-21(20)34-15-25(29)31)19-16-35-26(27-19)28-24(30)11-7-17-6-9-22(33-5-2)23(13-17)32-3/h6-11,13-14,16H,4-5,12,15H2,1-3H3,(H,27,28,30)/b11-7+. The van der Waals surface area contributed by atoms with Crippen LogP contribution in [0.1, 0.15) is 25.8 Å². The van der Waals surface area contributed by atoms with Crippen LogP contribution in [0, 0.1) is 0 Å². The van der Waals surface area contributed by atoms with Crippen LogP contribution in [0.3, 0.4) is 0 Å². The zero-order chi connectivity index (χ0) is 24.8. The van der Waals surface area contributed by atoms with Crippen LogP contribution < -0.4 is 24.4 Å². The van der Waals surface area contributed by atoms with Crippen molar-refractivity contribution < 1.29 is 23.8 Å². The first-order valence-corrected chi connectivity index (χ1v) is 12.2. The Morgan fingerprint density at radius 3 is 2.86 bits per heavy atom. The molecule has 182 valence electrons. The third-order valence-corrected chi connectivity index (χ3v) is 6.05. The van der Waals surface area contributed by atoms with E-state index < -0.39 is 0 Å². The van der Waals surface area contributed by atoms with Gasteiger partial charge in [-0.1, -0.05) is 13.0 Å². The summed E-state index contributed by atoms with van der Waals surface area (Å²) in [6.45, 7) is 5.16. The number of thiazole rings is 1. The second-order valence-corrected chi connectivity index (χ2v) is 8.58. The van der Waals surface area contributed by atoms with Gasteiger partial charge in [-0.15, -0.1) is 11.3 Å². The highest BCUT2D eigenvalue weighted by Gasteiger charge is 2.25. The number of carbonyl (C=O) groups excluding carboxylic acids is 2. The SMILES string of the molecule is CCCN1C(=O)COc2ccc(-c3csc(NC(=O)/C=C/c4ccc(OCC)c(OC)c4)n3)cc21. The van der Waals surface area contributed by atoms with Crippen molar-refractivity contribution in [2.24, 2.45) is 0 Å². The van der Waals surface area contributed by atoms with Crippen molar-refractivity contribution in [3.05, 3.63) is 53.4 Å². The molecule has 8 nitrogen and oxygen atoms in total. The molecule has 0 atom stereocenters. The highest BCUT2D eigenvalue weighted by Crippen LogP contribution is 2.37. The molecule has 0 saturated heterocycles. The van der Waals surface area contributed by atoms with Crippen molar-refractivity contribution in [3.63, 3.8) is 0 Å². The van der Waals surface area contributed by atoms with Crippen LogP contribution in [0.5, 0.6) is 17.2 Å². The van der Waals surface area contributed by atoms with E-state index in [1.165, 1.54) is 17.4 Å². The third kappa shape index (κ3) is 5.63. The van der Waals surface area contributed by atoms with Crippen molar-refractivity contribution >= 4 is 40.0 Å². The fourth-order valence-corrected chi connectivity index (χ4v) is 4.40. The Kier molecular flexibility index (Phi) is 7.67. The minimum atomic E-state index is -0.294. The van der Waals surface area contributed by atoms with E-state index in [-0.39, 0.29) is 18.4 Å². The van der Waals surface area contributed by atoms with Crippen LogP contribution in [-0.4, -0.2) is 43.7 Å². The zero-order valence-electron chi connectivity index (χ0n) is 19.9. The molecule has 9 heteroatoms. The van der Waals surface area contributed by atoms with E-state index in [9.17, 15) is 9.59 Å². The minimum absolute atomic E-state index is 0.0518. The smallest absolute Gasteiger partial charge is 0.265 e. The predicted molar refractivity (Wildman–Crippen MR) is 138 cm³/mol. The van der Waals surface area contributed by atoms with Gasteiger partial charge >= 0.3 is 0 Å². The van der Waals surface area contributed by atoms with Gasteiger partial charge in [-0.05, 0) is 55.3 Å². The number of amides is 2. The van der Waals surface area contributed by atoms with Crippen LogP contribution in [-0.2, 0) is 9.59 Å². The second kappa shape index (κ2) is 11.1. The van der Waals surface area contributed by atoms with Gasteiger partial charge in [0.1, 0.15) is 5.75 Å². The maximum atomic E-state index is 12.5. The number of anilines is 2. The van der Waals surface area contributed by atoms with Gasteiger partial charge in [0.05, 0.1) is 25.1 Å². The lowest BCUT2D eigenvalue weighted by Crippen LogP contribution is -2.39. The van der Waals surface area contributed by atoms with Crippen molar-refractivity contribution in [1.29, 1.82) is 0 Å². The Morgan fingerprint density at radius 1 is 1.23 bits per heavy atom. The van der Waals surface area contributed by atoms with E-state index in [2.05, 4.69) is 10.3 Å². The number of methoxy groups -OCH3 is 1. The normalized spacial score (nSPS) is 12.9. The molecule has 0 aliphatic carbocycles. The van der Waals surface area contributed by atoms with Crippen molar-refractivity contribution in [2.75, 3.05) is 37.1 Å². The Hall–Kier alpha value is -3.85. The average molecular weight is 494 g/mol. The highest BCUT2D eigenvalue weighted by molar-refractivity contribution is 7.14. The number of carbonyl (C=O) groups is 2. The van der Waals surface area contributed by atoms with Crippen LogP contribution in [0.2, 0.25) is 0 Å². The molecule has 0 fully saturated rings. The monoisotopic (exact) mass is 493 g/mol. The van der Waals surface area contributed by atoms with Crippen molar-refractivity contribution in [2.45, 2.75) is 20.3 Å². The summed E-state index contributed by atoms with van der Waals surface area (Å²) in [5.74, 6) is 1.59. The molecule has 0 unspecified atom stereocenters. The molecular formula is C26H27N3O5S. The highest BCUT2D eigenvalue weighted by atomic mass is 32.1. The third-order valence-electron chi connectivity index (χ3n) is 5.29. The Labute approximate surface area is 208 Å². The first-order valence-electron chi connectivity index (χ1n) is 11.3. The fraction of sp³-hybridized carbons (Fsp3) is 0.269. The van der Waals surface area contributed by atoms with Gasteiger partial charge in [0.25, 0.3) is 5.91 Å². The molecule has 0 bridgehead atoms. The van der Waals surface area contributed by atoms with Crippen LogP contribution in [0.15, 0.2) is 47.9 Å². The Morgan fingerprint density at radius 2 is 2.09 bits per heavy atom. The number of rotatable bonds is 9. The number of hydrogen-bond donors (Lipinski definition) is 1. The average Bonchev–Trinajstić information content (AvgIpc) is 3.33. The van der Waals surface area contributed by atoms with Gasteiger partial charge in [-0.2, -0.15) is 0 Å². The van der Waals surface area contributed by atoms with Crippen LogP contribution in [0.25, 0.3) is 17.3 Å². The maximum Gasteiger partial charge on any atom is 0.265 e. The molecule has 1 N–H and O–H groups in total. The number of ether oxygens (including phenoxy) is 3. The van der Waals surface area contributed by atoms with Gasteiger partial charge in [0, 0.05) is 23.6 Å². The quantitative estimate of drug-likeness (QED) is 0.422. The molecule has 0 radical (unpaired) electrons. The van der Waals surface area contributed by atoms with Crippen molar-refractivity contribution in [3.8, 4) is 28.5 Å². The lowest BCUT2D eigenvalue weighted by molar-refractivity contribution is -0.121. The largest absolute Gasteiger partial charge is 0.493 e. The van der Waals surface area contributed by atoms with Gasteiger partial charge < -0.3 is 19.1 Å². The second-order valence-electron chi connectivity index (χ2n) is 7.72. The van der Waals surface area contributed by atoms with Crippen LogP contribution in [0.4, 0.5) is 10.8 Å². The van der Waals surface area contributed by atoms with E-state index in [1.807, 2.05) is 55.6 Å². The van der Waals surface area contributed by atoms with Gasteiger partial charge in [0.2, 0.25) is 5.91 Å². The molecule has 0 saturated carbocycles. The summed E-state index contributed by atoms with van der Waals surface area (Å²) in [5.41, 5.74) is 3.11. The van der Waals surface area contributed by atoms with Gasteiger partial charge in [-0.3, -0.25) is 14.9 Å². The molecule has 1 aromatic heterocycles. The molecule has 2 aromatic carbocycles. The number of aromatic nitrogens is 1. The molecule has 3 aromatic rings. The number of nitrogens with zero attached hydrogens (tertiary/aromatic N) is 2. The molecular weight excluding hydrogens is 466 g/mol. The first-order chi connectivity index (χ1) is 17.0. The summed E-state index contributed by atoms with van der Waals surface area (Å²) in [4.78, 5) is 31.0. The molecule has 2 heterocycles. The number of hydrogen-bond acceptors (Lipinski definition) is 7.